The zero-order chi connectivity index (χ0) is 17.1. The maximum absolute atomic E-state index is 11.9. The average molecular weight is 330 g/mol. The molecule has 1 aromatic heterocycles. The molecule has 1 aliphatic heterocycles. The van der Waals surface area contributed by atoms with Crippen LogP contribution in [0.3, 0.4) is 0 Å². The molecule has 1 saturated heterocycles. The van der Waals surface area contributed by atoms with Crippen molar-refractivity contribution in [3.63, 3.8) is 0 Å². The molecular formula is C16H18N4O4. The molecule has 0 aliphatic carbocycles. The molecule has 1 aromatic carbocycles. The number of amides is 1. The maximum Gasteiger partial charge on any atom is 0.433 e. The van der Waals surface area contributed by atoms with E-state index >= 15 is 0 Å². The van der Waals surface area contributed by atoms with Crippen molar-refractivity contribution in [3.05, 3.63) is 57.8 Å². The summed E-state index contributed by atoms with van der Waals surface area (Å²) in [7, 11) is 0. The largest absolute Gasteiger partial charge is 0.433 e. The van der Waals surface area contributed by atoms with Gasteiger partial charge in [-0.3, -0.25) is 14.9 Å². The maximum atomic E-state index is 11.9. The van der Waals surface area contributed by atoms with E-state index in [0.29, 0.717) is 6.54 Å². The Labute approximate surface area is 138 Å². The van der Waals surface area contributed by atoms with Crippen molar-refractivity contribution < 1.29 is 14.1 Å². The standard InChI is InChI=1S/C16H18N4O4/c17-12-7-8-19(10-12)13-3-1-11(2-4-13)9-18-16(21)14-5-6-15(24-14)20(22)23/h1-6,12H,7-10,17H2,(H,18,21)/t12-/m0/s1. The number of nitrogens with zero attached hydrogens (tertiary/aromatic N) is 2. The van der Waals surface area contributed by atoms with E-state index in [-0.39, 0.29) is 11.8 Å². The third-order valence-electron chi connectivity index (χ3n) is 3.97. The van der Waals surface area contributed by atoms with Gasteiger partial charge in [0.2, 0.25) is 0 Å². The summed E-state index contributed by atoms with van der Waals surface area (Å²) in [6.07, 6.45) is 0.993. The van der Waals surface area contributed by atoms with Crippen LogP contribution >= 0.6 is 0 Å². The monoisotopic (exact) mass is 330 g/mol. The zero-order valence-corrected chi connectivity index (χ0v) is 13.0. The van der Waals surface area contributed by atoms with Gasteiger partial charge >= 0.3 is 5.88 Å². The van der Waals surface area contributed by atoms with Crippen LogP contribution in [0.1, 0.15) is 22.5 Å². The molecule has 1 fully saturated rings. The van der Waals surface area contributed by atoms with E-state index in [1.54, 1.807) is 0 Å². The van der Waals surface area contributed by atoms with Gasteiger partial charge in [-0.25, -0.2) is 0 Å². The van der Waals surface area contributed by atoms with Crippen LogP contribution in [-0.4, -0.2) is 30.0 Å². The first kappa shape index (κ1) is 16.0. The van der Waals surface area contributed by atoms with E-state index in [0.717, 1.165) is 36.8 Å². The minimum Gasteiger partial charge on any atom is -0.395 e. The van der Waals surface area contributed by atoms with Gasteiger partial charge in [0.25, 0.3) is 5.91 Å². The Balaban J connectivity index is 1.56. The summed E-state index contributed by atoms with van der Waals surface area (Å²) in [5.74, 6) is -1.02. The predicted molar refractivity (Wildman–Crippen MR) is 87.8 cm³/mol. The molecule has 8 nitrogen and oxygen atoms in total. The second-order valence-electron chi connectivity index (χ2n) is 5.74. The van der Waals surface area contributed by atoms with Crippen molar-refractivity contribution in [1.82, 2.24) is 5.32 Å². The Morgan fingerprint density at radius 1 is 1.33 bits per heavy atom. The minimum atomic E-state index is -0.681. The summed E-state index contributed by atoms with van der Waals surface area (Å²) < 4.78 is 4.86. The highest BCUT2D eigenvalue weighted by Crippen LogP contribution is 2.20. The molecule has 0 bridgehead atoms. The summed E-state index contributed by atoms with van der Waals surface area (Å²) in [6, 6.07) is 10.5. The molecule has 1 atom stereocenters. The SMILES string of the molecule is N[C@H]1CCN(c2ccc(CNC(=O)c3ccc([N+](=O)[O-])o3)cc2)C1. The Bertz CT molecular complexity index is 741. The topological polar surface area (TPSA) is 115 Å². The lowest BCUT2D eigenvalue weighted by Crippen LogP contribution is -2.26. The van der Waals surface area contributed by atoms with Crippen molar-refractivity contribution in [2.75, 3.05) is 18.0 Å². The lowest BCUT2D eigenvalue weighted by atomic mass is 10.2. The Morgan fingerprint density at radius 2 is 2.08 bits per heavy atom. The first-order chi connectivity index (χ1) is 11.5. The number of rotatable bonds is 5. The van der Waals surface area contributed by atoms with Crippen LogP contribution in [0.5, 0.6) is 0 Å². The highest BCUT2D eigenvalue weighted by molar-refractivity contribution is 5.91. The number of hydrogen-bond donors (Lipinski definition) is 2. The molecule has 2 aromatic rings. The number of nitro groups is 1. The fraction of sp³-hybridized carbons (Fsp3) is 0.312. The Hall–Kier alpha value is -2.87. The van der Waals surface area contributed by atoms with E-state index in [4.69, 9.17) is 10.2 Å². The normalized spacial score (nSPS) is 17.0. The molecule has 8 heteroatoms. The third-order valence-corrected chi connectivity index (χ3v) is 3.97. The lowest BCUT2D eigenvalue weighted by Gasteiger charge is -2.18. The van der Waals surface area contributed by atoms with E-state index in [2.05, 4.69) is 10.2 Å². The molecule has 0 radical (unpaired) electrons. The summed E-state index contributed by atoms with van der Waals surface area (Å²) >= 11 is 0. The Kier molecular flexibility index (Phi) is 4.48. The van der Waals surface area contributed by atoms with Crippen molar-refractivity contribution in [1.29, 1.82) is 0 Å². The number of nitrogens with two attached hydrogens (primary N) is 1. The van der Waals surface area contributed by atoms with Crippen LogP contribution in [0.15, 0.2) is 40.8 Å². The average Bonchev–Trinajstić information content (AvgIpc) is 3.22. The van der Waals surface area contributed by atoms with Crippen LogP contribution in [0.4, 0.5) is 11.6 Å². The number of anilines is 1. The number of hydrogen-bond acceptors (Lipinski definition) is 6. The smallest absolute Gasteiger partial charge is 0.395 e. The van der Waals surface area contributed by atoms with Crippen LogP contribution in [-0.2, 0) is 6.54 Å². The quantitative estimate of drug-likeness (QED) is 0.636. The minimum absolute atomic E-state index is 0.0793. The van der Waals surface area contributed by atoms with E-state index in [1.807, 2.05) is 24.3 Å². The number of carbonyl (C=O) groups excluding carboxylic acids is 1. The first-order valence-electron chi connectivity index (χ1n) is 7.65. The summed E-state index contributed by atoms with van der Waals surface area (Å²) in [5, 5.41) is 13.2. The third kappa shape index (κ3) is 3.54. The molecule has 0 spiro atoms. The number of carbonyl (C=O) groups is 1. The van der Waals surface area contributed by atoms with E-state index in [1.165, 1.54) is 6.07 Å². The Morgan fingerprint density at radius 3 is 2.67 bits per heavy atom. The lowest BCUT2D eigenvalue weighted by molar-refractivity contribution is -0.402. The summed E-state index contributed by atoms with van der Waals surface area (Å²) in [5.41, 5.74) is 7.95. The molecule has 0 unspecified atom stereocenters. The van der Waals surface area contributed by atoms with Gasteiger partial charge in [-0.05, 0) is 30.2 Å². The molecule has 126 valence electrons. The molecular weight excluding hydrogens is 312 g/mol. The van der Waals surface area contributed by atoms with Crippen LogP contribution in [0, 0.1) is 10.1 Å². The van der Waals surface area contributed by atoms with Gasteiger partial charge in [0.1, 0.15) is 4.92 Å². The highest BCUT2D eigenvalue weighted by atomic mass is 16.6. The molecule has 3 rings (SSSR count). The van der Waals surface area contributed by atoms with Crippen LogP contribution < -0.4 is 16.0 Å². The van der Waals surface area contributed by atoms with Gasteiger partial charge in [0.05, 0.1) is 6.07 Å². The van der Waals surface area contributed by atoms with Gasteiger partial charge in [-0.15, -0.1) is 0 Å². The fourth-order valence-corrected chi connectivity index (χ4v) is 2.66. The highest BCUT2D eigenvalue weighted by Gasteiger charge is 2.19. The van der Waals surface area contributed by atoms with Crippen molar-refractivity contribution >= 4 is 17.5 Å². The summed E-state index contributed by atoms with van der Waals surface area (Å²) in [4.78, 5) is 24.0. The van der Waals surface area contributed by atoms with Gasteiger partial charge in [0.15, 0.2) is 5.76 Å². The molecule has 2 heterocycles. The second kappa shape index (κ2) is 6.71. The number of nitrogens with one attached hydrogen (secondary N) is 1. The molecule has 24 heavy (non-hydrogen) atoms. The van der Waals surface area contributed by atoms with Crippen molar-refractivity contribution in [2.24, 2.45) is 5.73 Å². The second-order valence-corrected chi connectivity index (χ2v) is 5.74. The number of benzene rings is 1. The van der Waals surface area contributed by atoms with Gasteiger partial charge in [-0.2, -0.15) is 0 Å². The van der Waals surface area contributed by atoms with Crippen molar-refractivity contribution in [2.45, 2.75) is 19.0 Å². The van der Waals surface area contributed by atoms with E-state index < -0.39 is 16.7 Å². The number of furan rings is 1. The zero-order valence-electron chi connectivity index (χ0n) is 13.0. The molecule has 1 aliphatic rings. The van der Waals surface area contributed by atoms with Gasteiger partial charge in [-0.1, -0.05) is 12.1 Å². The predicted octanol–water partition coefficient (Wildman–Crippen LogP) is 1.66. The van der Waals surface area contributed by atoms with Crippen molar-refractivity contribution in [3.8, 4) is 0 Å². The van der Waals surface area contributed by atoms with Gasteiger partial charge in [0, 0.05) is 31.4 Å². The van der Waals surface area contributed by atoms with Crippen LogP contribution in [0.2, 0.25) is 0 Å². The molecule has 0 saturated carbocycles. The molecule has 1 amide bonds. The van der Waals surface area contributed by atoms with Gasteiger partial charge < -0.3 is 20.4 Å². The molecule has 3 N–H and O–H groups in total. The van der Waals surface area contributed by atoms with Crippen LogP contribution in [0.25, 0.3) is 0 Å². The summed E-state index contributed by atoms with van der Waals surface area (Å²) in [6.45, 7) is 2.12. The fourth-order valence-electron chi connectivity index (χ4n) is 2.66. The van der Waals surface area contributed by atoms with E-state index in [9.17, 15) is 14.9 Å². The first-order valence-corrected chi connectivity index (χ1v) is 7.65.